The van der Waals surface area contributed by atoms with E-state index in [1.807, 2.05) is 0 Å². The van der Waals surface area contributed by atoms with Crippen LogP contribution in [-0.4, -0.2) is 37.6 Å². The lowest BCUT2D eigenvalue weighted by molar-refractivity contribution is 0.248. The Balaban J connectivity index is 1.54. The van der Waals surface area contributed by atoms with Gasteiger partial charge in [-0.05, 0) is 36.5 Å². The molecule has 3 rings (SSSR count). The van der Waals surface area contributed by atoms with Crippen molar-refractivity contribution in [2.75, 3.05) is 37.6 Å². The summed E-state index contributed by atoms with van der Waals surface area (Å²) in [5.41, 5.74) is 2.73. The molecular formula is C15H21BrN2. The Kier molecular flexibility index (Phi) is 3.90. The van der Waals surface area contributed by atoms with Crippen LogP contribution in [0, 0.1) is 5.92 Å². The number of alkyl halides is 1. The second-order valence-electron chi connectivity index (χ2n) is 5.53. The van der Waals surface area contributed by atoms with Gasteiger partial charge in [-0.3, -0.25) is 4.90 Å². The number of piperazine rings is 1. The maximum Gasteiger partial charge on any atom is 0.0367 e. The Morgan fingerprint density at radius 2 is 1.67 bits per heavy atom. The van der Waals surface area contributed by atoms with E-state index in [2.05, 4.69) is 50.0 Å². The molecule has 2 aliphatic rings. The van der Waals surface area contributed by atoms with Crippen LogP contribution in [0.3, 0.4) is 0 Å². The summed E-state index contributed by atoms with van der Waals surface area (Å²) in [6, 6.07) is 8.96. The average Bonchev–Trinajstić information content (AvgIpc) is 3.24. The Hall–Kier alpha value is -0.540. The van der Waals surface area contributed by atoms with Gasteiger partial charge in [0.15, 0.2) is 0 Å². The lowest BCUT2D eigenvalue weighted by Crippen LogP contribution is -2.47. The maximum absolute atomic E-state index is 3.49. The quantitative estimate of drug-likeness (QED) is 0.789. The van der Waals surface area contributed by atoms with Crippen molar-refractivity contribution in [1.29, 1.82) is 0 Å². The summed E-state index contributed by atoms with van der Waals surface area (Å²) < 4.78 is 0. The number of halogens is 1. The molecule has 1 aliphatic carbocycles. The third-order valence-electron chi connectivity index (χ3n) is 4.04. The third-order valence-corrected chi connectivity index (χ3v) is 4.69. The standard InChI is InChI=1S/C15H21BrN2/c16-11-13-3-5-15(6-4-13)18-9-7-17(8-10-18)12-14-1-2-14/h3-6,14H,1-2,7-12H2. The van der Waals surface area contributed by atoms with Gasteiger partial charge in [-0.2, -0.15) is 0 Å². The molecule has 0 bridgehead atoms. The summed E-state index contributed by atoms with van der Waals surface area (Å²) in [6.07, 6.45) is 2.93. The van der Waals surface area contributed by atoms with Gasteiger partial charge in [0, 0.05) is 43.7 Å². The molecule has 0 unspecified atom stereocenters. The molecule has 0 atom stereocenters. The third kappa shape index (κ3) is 3.07. The molecule has 0 spiro atoms. The smallest absolute Gasteiger partial charge is 0.0367 e. The number of hydrogen-bond acceptors (Lipinski definition) is 2. The second-order valence-corrected chi connectivity index (χ2v) is 6.09. The maximum atomic E-state index is 3.49. The number of anilines is 1. The van der Waals surface area contributed by atoms with Crippen LogP contribution < -0.4 is 4.90 Å². The van der Waals surface area contributed by atoms with E-state index in [1.165, 1.54) is 56.8 Å². The Morgan fingerprint density at radius 1 is 1.00 bits per heavy atom. The number of hydrogen-bond donors (Lipinski definition) is 0. The van der Waals surface area contributed by atoms with Crippen LogP contribution in [0.1, 0.15) is 18.4 Å². The van der Waals surface area contributed by atoms with Crippen LogP contribution in [0.15, 0.2) is 24.3 Å². The SMILES string of the molecule is BrCc1ccc(N2CCN(CC3CC3)CC2)cc1. The zero-order valence-electron chi connectivity index (χ0n) is 10.8. The predicted molar refractivity (Wildman–Crippen MR) is 80.5 cm³/mol. The van der Waals surface area contributed by atoms with E-state index < -0.39 is 0 Å². The monoisotopic (exact) mass is 308 g/mol. The summed E-state index contributed by atoms with van der Waals surface area (Å²) in [6.45, 7) is 6.17. The van der Waals surface area contributed by atoms with Crippen molar-refractivity contribution in [3.8, 4) is 0 Å². The molecule has 0 N–H and O–H groups in total. The lowest BCUT2D eigenvalue weighted by Gasteiger charge is -2.36. The minimum atomic E-state index is 0.947. The van der Waals surface area contributed by atoms with Gasteiger partial charge in [0.1, 0.15) is 0 Å². The van der Waals surface area contributed by atoms with Crippen molar-refractivity contribution in [2.24, 2.45) is 5.92 Å². The van der Waals surface area contributed by atoms with E-state index in [9.17, 15) is 0 Å². The molecule has 0 radical (unpaired) electrons. The van der Waals surface area contributed by atoms with E-state index in [-0.39, 0.29) is 0 Å². The van der Waals surface area contributed by atoms with Gasteiger partial charge in [-0.15, -0.1) is 0 Å². The van der Waals surface area contributed by atoms with E-state index in [1.54, 1.807) is 0 Å². The molecule has 1 saturated heterocycles. The molecule has 1 aliphatic heterocycles. The molecule has 2 fully saturated rings. The first kappa shape index (κ1) is 12.5. The average molecular weight is 309 g/mol. The first-order valence-electron chi connectivity index (χ1n) is 6.97. The van der Waals surface area contributed by atoms with Gasteiger partial charge in [0.25, 0.3) is 0 Å². The molecule has 3 heteroatoms. The van der Waals surface area contributed by atoms with Crippen molar-refractivity contribution >= 4 is 21.6 Å². The predicted octanol–water partition coefficient (Wildman–Crippen LogP) is 3.11. The Morgan fingerprint density at radius 3 is 2.22 bits per heavy atom. The fraction of sp³-hybridized carbons (Fsp3) is 0.600. The van der Waals surface area contributed by atoms with Crippen molar-refractivity contribution in [1.82, 2.24) is 4.90 Å². The van der Waals surface area contributed by atoms with Crippen LogP contribution in [0.2, 0.25) is 0 Å². The van der Waals surface area contributed by atoms with Crippen molar-refractivity contribution in [3.63, 3.8) is 0 Å². The number of nitrogens with zero attached hydrogens (tertiary/aromatic N) is 2. The van der Waals surface area contributed by atoms with Gasteiger partial charge in [0.05, 0.1) is 0 Å². The van der Waals surface area contributed by atoms with Crippen LogP contribution >= 0.6 is 15.9 Å². The fourth-order valence-corrected chi connectivity index (χ4v) is 3.02. The molecule has 98 valence electrons. The number of benzene rings is 1. The van der Waals surface area contributed by atoms with E-state index in [4.69, 9.17) is 0 Å². The highest BCUT2D eigenvalue weighted by atomic mass is 79.9. The lowest BCUT2D eigenvalue weighted by atomic mass is 10.2. The Labute approximate surface area is 118 Å². The molecule has 2 nitrogen and oxygen atoms in total. The Bertz CT molecular complexity index is 378. The first-order chi connectivity index (χ1) is 8.85. The second kappa shape index (κ2) is 5.62. The molecular weight excluding hydrogens is 288 g/mol. The molecule has 0 amide bonds. The van der Waals surface area contributed by atoms with E-state index in [0.29, 0.717) is 0 Å². The van der Waals surface area contributed by atoms with Crippen LogP contribution in [0.25, 0.3) is 0 Å². The largest absolute Gasteiger partial charge is 0.369 e. The highest BCUT2D eigenvalue weighted by Crippen LogP contribution is 2.30. The zero-order chi connectivity index (χ0) is 12.4. The summed E-state index contributed by atoms with van der Waals surface area (Å²) >= 11 is 3.49. The van der Waals surface area contributed by atoms with Crippen LogP contribution in [0.5, 0.6) is 0 Å². The van der Waals surface area contributed by atoms with Crippen molar-refractivity contribution < 1.29 is 0 Å². The van der Waals surface area contributed by atoms with E-state index in [0.717, 1.165) is 11.2 Å². The highest BCUT2D eigenvalue weighted by Gasteiger charge is 2.26. The van der Waals surface area contributed by atoms with Gasteiger partial charge >= 0.3 is 0 Å². The topological polar surface area (TPSA) is 6.48 Å². The zero-order valence-corrected chi connectivity index (χ0v) is 12.4. The van der Waals surface area contributed by atoms with Crippen molar-refractivity contribution in [3.05, 3.63) is 29.8 Å². The molecule has 1 aromatic carbocycles. The molecule has 18 heavy (non-hydrogen) atoms. The van der Waals surface area contributed by atoms with Crippen LogP contribution in [0.4, 0.5) is 5.69 Å². The van der Waals surface area contributed by atoms with Crippen molar-refractivity contribution in [2.45, 2.75) is 18.2 Å². The van der Waals surface area contributed by atoms with Gasteiger partial charge < -0.3 is 4.90 Å². The van der Waals surface area contributed by atoms with Gasteiger partial charge in [-0.1, -0.05) is 28.1 Å². The molecule has 1 saturated carbocycles. The molecule has 1 aromatic rings. The first-order valence-corrected chi connectivity index (χ1v) is 8.09. The summed E-state index contributed by atoms with van der Waals surface area (Å²) in [4.78, 5) is 5.16. The summed E-state index contributed by atoms with van der Waals surface area (Å²) in [5.74, 6) is 1.02. The molecule has 1 heterocycles. The fourth-order valence-electron chi connectivity index (χ4n) is 2.65. The van der Waals surface area contributed by atoms with E-state index >= 15 is 0 Å². The minimum Gasteiger partial charge on any atom is -0.369 e. The summed E-state index contributed by atoms with van der Waals surface area (Å²) in [5, 5.41) is 0.947. The highest BCUT2D eigenvalue weighted by molar-refractivity contribution is 9.08. The normalized spacial score (nSPS) is 21.3. The van der Waals surface area contributed by atoms with Gasteiger partial charge in [0.2, 0.25) is 0 Å². The molecule has 0 aromatic heterocycles. The summed E-state index contributed by atoms with van der Waals surface area (Å²) in [7, 11) is 0. The van der Waals surface area contributed by atoms with Crippen LogP contribution in [-0.2, 0) is 5.33 Å². The minimum absolute atomic E-state index is 0.947. The number of rotatable bonds is 4. The van der Waals surface area contributed by atoms with Gasteiger partial charge in [-0.25, -0.2) is 0 Å².